The van der Waals surface area contributed by atoms with E-state index in [0.717, 1.165) is 37.8 Å². The second-order valence-electron chi connectivity index (χ2n) is 4.79. The molecule has 0 spiro atoms. The molecule has 2 heteroatoms. The first-order chi connectivity index (χ1) is 6.66. The highest BCUT2D eigenvalue weighted by atomic mass is 16.1. The van der Waals surface area contributed by atoms with Crippen LogP contribution in [-0.4, -0.2) is 23.8 Å². The van der Waals surface area contributed by atoms with Crippen LogP contribution in [0.25, 0.3) is 0 Å². The zero-order chi connectivity index (χ0) is 10.1. The van der Waals surface area contributed by atoms with Gasteiger partial charge in [-0.1, -0.05) is 13.8 Å². The molecule has 2 rings (SSSR count). The zero-order valence-electron chi connectivity index (χ0n) is 9.12. The van der Waals surface area contributed by atoms with E-state index in [-0.39, 0.29) is 0 Å². The predicted octanol–water partition coefficient (Wildman–Crippen LogP) is 2.21. The number of allylic oxidation sites excluding steroid dienone is 2. The van der Waals surface area contributed by atoms with E-state index in [0.29, 0.717) is 5.78 Å². The molecule has 1 fully saturated rings. The Bertz CT molecular complexity index is 269. The van der Waals surface area contributed by atoms with Crippen molar-refractivity contribution >= 4 is 5.78 Å². The van der Waals surface area contributed by atoms with E-state index in [1.165, 1.54) is 12.1 Å². The number of ketones is 1. The summed E-state index contributed by atoms with van der Waals surface area (Å²) in [5.41, 5.74) is 1.29. The van der Waals surface area contributed by atoms with Crippen molar-refractivity contribution in [2.75, 3.05) is 13.1 Å². The summed E-state index contributed by atoms with van der Waals surface area (Å²) in [5.74, 6) is 1.91. The molecule has 1 saturated heterocycles. The van der Waals surface area contributed by atoms with Crippen LogP contribution in [0, 0.1) is 11.8 Å². The van der Waals surface area contributed by atoms with Crippen LogP contribution in [0.4, 0.5) is 0 Å². The second-order valence-corrected chi connectivity index (χ2v) is 4.79. The second kappa shape index (κ2) is 3.76. The normalized spacial score (nSPS) is 33.4. The fourth-order valence-corrected chi connectivity index (χ4v) is 2.35. The molecule has 0 amide bonds. The number of likely N-dealkylation sites (tertiary alicyclic amines) is 1. The van der Waals surface area contributed by atoms with Crippen LogP contribution in [0.2, 0.25) is 0 Å². The molecule has 78 valence electrons. The molecule has 0 aromatic heterocycles. The van der Waals surface area contributed by atoms with Crippen LogP contribution in [0.5, 0.6) is 0 Å². The lowest BCUT2D eigenvalue weighted by Gasteiger charge is -2.37. The average molecular weight is 193 g/mol. The van der Waals surface area contributed by atoms with Crippen LogP contribution in [0.15, 0.2) is 11.8 Å². The molecule has 0 N–H and O–H groups in total. The van der Waals surface area contributed by atoms with Gasteiger partial charge in [-0.15, -0.1) is 0 Å². The maximum atomic E-state index is 11.1. The van der Waals surface area contributed by atoms with Crippen molar-refractivity contribution in [1.82, 2.24) is 4.90 Å². The third-order valence-corrected chi connectivity index (χ3v) is 3.70. The largest absolute Gasteiger partial charge is 0.374 e. The van der Waals surface area contributed by atoms with Gasteiger partial charge < -0.3 is 4.90 Å². The van der Waals surface area contributed by atoms with Crippen molar-refractivity contribution in [3.8, 4) is 0 Å². The van der Waals surface area contributed by atoms with Gasteiger partial charge in [0.2, 0.25) is 0 Å². The van der Waals surface area contributed by atoms with E-state index < -0.39 is 0 Å². The van der Waals surface area contributed by atoms with Crippen molar-refractivity contribution in [3.05, 3.63) is 11.8 Å². The van der Waals surface area contributed by atoms with Crippen LogP contribution in [-0.2, 0) is 4.79 Å². The summed E-state index contributed by atoms with van der Waals surface area (Å²) >= 11 is 0. The summed E-state index contributed by atoms with van der Waals surface area (Å²) in [5, 5.41) is 0. The predicted molar refractivity (Wildman–Crippen MR) is 56.8 cm³/mol. The maximum absolute atomic E-state index is 11.1. The summed E-state index contributed by atoms with van der Waals surface area (Å²) in [6.45, 7) is 6.93. The minimum absolute atomic E-state index is 0.311. The molecule has 0 saturated carbocycles. The molecular formula is C12H19NO. The summed E-state index contributed by atoms with van der Waals surface area (Å²) < 4.78 is 0. The van der Waals surface area contributed by atoms with Gasteiger partial charge in [0.05, 0.1) is 0 Å². The van der Waals surface area contributed by atoms with Crippen LogP contribution in [0.1, 0.15) is 33.1 Å². The number of piperidine rings is 1. The quantitative estimate of drug-likeness (QED) is 0.636. The third-order valence-electron chi connectivity index (χ3n) is 3.70. The molecule has 0 aromatic rings. The summed E-state index contributed by atoms with van der Waals surface area (Å²) in [4.78, 5) is 13.6. The van der Waals surface area contributed by atoms with Crippen molar-refractivity contribution in [2.24, 2.45) is 11.8 Å². The van der Waals surface area contributed by atoms with Gasteiger partial charge in [-0.3, -0.25) is 4.79 Å². The standard InChI is InChI=1S/C12H19NO/c1-9-5-6-13(8-10(9)2)11-3-4-12(14)7-11/h7,9-10H,3-6,8H2,1-2H3. The Kier molecular flexibility index (Phi) is 2.62. The topological polar surface area (TPSA) is 20.3 Å². The SMILES string of the molecule is CC1CCN(C2=CC(=O)CC2)CC1C. The van der Waals surface area contributed by atoms with Gasteiger partial charge >= 0.3 is 0 Å². The third kappa shape index (κ3) is 1.84. The lowest BCUT2D eigenvalue weighted by molar-refractivity contribution is -0.114. The molecule has 1 aliphatic heterocycles. The van der Waals surface area contributed by atoms with E-state index >= 15 is 0 Å². The fraction of sp³-hybridized carbons (Fsp3) is 0.750. The summed E-state index contributed by atoms with van der Waals surface area (Å²) in [6, 6.07) is 0. The van der Waals surface area contributed by atoms with Crippen LogP contribution >= 0.6 is 0 Å². The number of hydrogen-bond acceptors (Lipinski definition) is 2. The molecule has 2 unspecified atom stereocenters. The molecular weight excluding hydrogens is 174 g/mol. The molecule has 0 radical (unpaired) electrons. The number of carbonyl (C=O) groups excluding carboxylic acids is 1. The molecule has 1 aliphatic carbocycles. The molecule has 0 aromatic carbocycles. The number of nitrogens with zero attached hydrogens (tertiary/aromatic N) is 1. The molecule has 2 aliphatic rings. The first-order valence-corrected chi connectivity index (χ1v) is 5.65. The van der Waals surface area contributed by atoms with E-state index in [4.69, 9.17) is 0 Å². The Morgan fingerprint density at radius 2 is 2.07 bits per heavy atom. The Hall–Kier alpha value is -0.790. The van der Waals surface area contributed by atoms with Gasteiger partial charge in [-0.25, -0.2) is 0 Å². The zero-order valence-corrected chi connectivity index (χ0v) is 9.12. The maximum Gasteiger partial charge on any atom is 0.157 e. The van der Waals surface area contributed by atoms with Gasteiger partial charge in [0, 0.05) is 31.3 Å². The van der Waals surface area contributed by atoms with Crippen molar-refractivity contribution in [3.63, 3.8) is 0 Å². The molecule has 14 heavy (non-hydrogen) atoms. The van der Waals surface area contributed by atoms with Gasteiger partial charge in [-0.05, 0) is 24.7 Å². The van der Waals surface area contributed by atoms with Crippen molar-refractivity contribution in [2.45, 2.75) is 33.1 Å². The van der Waals surface area contributed by atoms with Gasteiger partial charge in [0.1, 0.15) is 0 Å². The smallest absolute Gasteiger partial charge is 0.157 e. The minimum Gasteiger partial charge on any atom is -0.374 e. The summed E-state index contributed by atoms with van der Waals surface area (Å²) in [6.07, 6.45) is 4.82. The lowest BCUT2D eigenvalue weighted by Crippen LogP contribution is -2.37. The van der Waals surface area contributed by atoms with E-state index in [2.05, 4.69) is 18.7 Å². The minimum atomic E-state index is 0.311. The monoisotopic (exact) mass is 193 g/mol. The number of rotatable bonds is 1. The lowest BCUT2D eigenvalue weighted by atomic mass is 9.88. The highest BCUT2D eigenvalue weighted by Crippen LogP contribution is 2.28. The highest BCUT2D eigenvalue weighted by Gasteiger charge is 2.26. The highest BCUT2D eigenvalue weighted by molar-refractivity contribution is 5.92. The Balaban J connectivity index is 2.00. The van der Waals surface area contributed by atoms with Gasteiger partial charge in [0.25, 0.3) is 0 Å². The Morgan fingerprint density at radius 1 is 1.29 bits per heavy atom. The van der Waals surface area contributed by atoms with E-state index in [1.807, 2.05) is 6.08 Å². The van der Waals surface area contributed by atoms with Gasteiger partial charge in [-0.2, -0.15) is 0 Å². The van der Waals surface area contributed by atoms with E-state index in [9.17, 15) is 4.79 Å². The first-order valence-electron chi connectivity index (χ1n) is 5.65. The number of hydrogen-bond donors (Lipinski definition) is 0. The molecule has 0 bridgehead atoms. The van der Waals surface area contributed by atoms with Crippen molar-refractivity contribution < 1.29 is 4.79 Å². The van der Waals surface area contributed by atoms with Crippen LogP contribution < -0.4 is 0 Å². The average Bonchev–Trinajstić information content (AvgIpc) is 2.57. The van der Waals surface area contributed by atoms with Crippen LogP contribution in [0.3, 0.4) is 0 Å². The van der Waals surface area contributed by atoms with Crippen molar-refractivity contribution in [1.29, 1.82) is 0 Å². The van der Waals surface area contributed by atoms with E-state index in [1.54, 1.807) is 0 Å². The number of carbonyl (C=O) groups is 1. The Labute approximate surface area is 86.0 Å². The molecule has 2 atom stereocenters. The molecule has 2 nitrogen and oxygen atoms in total. The van der Waals surface area contributed by atoms with Gasteiger partial charge in [0.15, 0.2) is 5.78 Å². The fourth-order valence-electron chi connectivity index (χ4n) is 2.35. The Morgan fingerprint density at radius 3 is 2.64 bits per heavy atom. The molecule has 1 heterocycles. The summed E-state index contributed by atoms with van der Waals surface area (Å²) in [7, 11) is 0. The first kappa shape index (κ1) is 9.75.